The SMILES string of the molecule is CC1=CC[C@H](/C(C)=C/COC(=N)C(Cl)(Cl)Cl)CC1. The Morgan fingerprint density at radius 2 is 2.22 bits per heavy atom. The van der Waals surface area contributed by atoms with Gasteiger partial charge in [0.05, 0.1) is 0 Å². The van der Waals surface area contributed by atoms with Crippen LogP contribution < -0.4 is 0 Å². The number of ether oxygens (including phenoxy) is 1. The second-order valence-corrected chi connectivity index (χ2v) is 6.89. The van der Waals surface area contributed by atoms with E-state index in [0.29, 0.717) is 5.92 Å². The number of alkyl halides is 3. The van der Waals surface area contributed by atoms with Gasteiger partial charge in [0.2, 0.25) is 5.90 Å². The van der Waals surface area contributed by atoms with Gasteiger partial charge < -0.3 is 4.74 Å². The summed E-state index contributed by atoms with van der Waals surface area (Å²) in [5, 5.41) is 7.40. The highest BCUT2D eigenvalue weighted by Gasteiger charge is 2.28. The molecule has 0 heterocycles. The van der Waals surface area contributed by atoms with Crippen LogP contribution in [0, 0.1) is 11.3 Å². The van der Waals surface area contributed by atoms with Crippen molar-refractivity contribution >= 4 is 40.7 Å². The van der Waals surface area contributed by atoms with Gasteiger partial charge in [0, 0.05) is 0 Å². The summed E-state index contributed by atoms with van der Waals surface area (Å²) in [4.78, 5) is 0. The van der Waals surface area contributed by atoms with Gasteiger partial charge in [-0.15, -0.1) is 0 Å². The van der Waals surface area contributed by atoms with Gasteiger partial charge in [-0.1, -0.05) is 52.0 Å². The third kappa shape index (κ3) is 5.21. The first-order valence-corrected chi connectivity index (χ1v) is 7.05. The Balaban J connectivity index is 2.41. The number of rotatable bonds is 3. The molecular formula is C13H18Cl3NO. The first kappa shape index (κ1) is 15.9. The average molecular weight is 311 g/mol. The van der Waals surface area contributed by atoms with Gasteiger partial charge in [0.15, 0.2) is 0 Å². The molecule has 0 amide bonds. The fraction of sp³-hybridized carbons (Fsp3) is 0.615. The second-order valence-electron chi connectivity index (χ2n) is 4.61. The number of allylic oxidation sites excluding steroid dienone is 3. The van der Waals surface area contributed by atoms with Gasteiger partial charge >= 0.3 is 0 Å². The Labute approximate surface area is 123 Å². The van der Waals surface area contributed by atoms with E-state index in [1.165, 1.54) is 17.6 Å². The maximum absolute atomic E-state index is 7.40. The van der Waals surface area contributed by atoms with Gasteiger partial charge in [-0.25, -0.2) is 0 Å². The van der Waals surface area contributed by atoms with Crippen molar-refractivity contribution in [3.63, 3.8) is 0 Å². The number of hydrogen-bond acceptors (Lipinski definition) is 2. The van der Waals surface area contributed by atoms with Gasteiger partial charge in [-0.3, -0.25) is 5.41 Å². The lowest BCUT2D eigenvalue weighted by Gasteiger charge is -2.21. The quantitative estimate of drug-likeness (QED) is 0.337. The zero-order valence-corrected chi connectivity index (χ0v) is 12.9. The van der Waals surface area contributed by atoms with Crippen LogP contribution in [0.5, 0.6) is 0 Å². The van der Waals surface area contributed by atoms with Crippen molar-refractivity contribution in [2.75, 3.05) is 6.61 Å². The third-order valence-electron chi connectivity index (χ3n) is 3.17. The van der Waals surface area contributed by atoms with Crippen molar-refractivity contribution in [1.29, 1.82) is 5.41 Å². The van der Waals surface area contributed by atoms with Gasteiger partial charge in [0.25, 0.3) is 3.79 Å². The van der Waals surface area contributed by atoms with Crippen molar-refractivity contribution in [2.24, 2.45) is 5.92 Å². The molecule has 0 aromatic carbocycles. The molecule has 1 N–H and O–H groups in total. The van der Waals surface area contributed by atoms with E-state index in [0.717, 1.165) is 12.8 Å². The summed E-state index contributed by atoms with van der Waals surface area (Å²) in [7, 11) is 0. The van der Waals surface area contributed by atoms with E-state index < -0.39 is 3.79 Å². The molecule has 0 bridgehead atoms. The van der Waals surface area contributed by atoms with Crippen LogP contribution in [0.2, 0.25) is 0 Å². The highest BCUT2D eigenvalue weighted by Crippen LogP contribution is 2.29. The van der Waals surface area contributed by atoms with Gasteiger partial charge in [-0.2, -0.15) is 0 Å². The molecule has 18 heavy (non-hydrogen) atoms. The molecule has 5 heteroatoms. The Hall–Kier alpha value is -0.180. The molecule has 1 rings (SSSR count). The maximum atomic E-state index is 7.40. The van der Waals surface area contributed by atoms with Crippen LogP contribution in [0.15, 0.2) is 23.3 Å². The summed E-state index contributed by atoms with van der Waals surface area (Å²) >= 11 is 16.5. The number of nitrogens with one attached hydrogen (secondary N) is 1. The molecule has 2 nitrogen and oxygen atoms in total. The third-order valence-corrected chi connectivity index (χ3v) is 3.69. The molecular weight excluding hydrogens is 293 g/mol. The number of halogens is 3. The van der Waals surface area contributed by atoms with Crippen molar-refractivity contribution < 1.29 is 4.74 Å². The molecule has 0 fully saturated rings. The lowest BCUT2D eigenvalue weighted by atomic mass is 9.85. The molecule has 0 aromatic rings. The summed E-state index contributed by atoms with van der Waals surface area (Å²) in [6.45, 7) is 4.53. The summed E-state index contributed by atoms with van der Waals surface area (Å²) < 4.78 is 3.31. The van der Waals surface area contributed by atoms with Gasteiger partial charge in [0.1, 0.15) is 6.61 Å². The Bertz CT molecular complexity index is 369. The Morgan fingerprint density at radius 1 is 1.56 bits per heavy atom. The van der Waals surface area contributed by atoms with E-state index in [2.05, 4.69) is 19.9 Å². The minimum Gasteiger partial charge on any atom is -0.474 e. The fourth-order valence-electron chi connectivity index (χ4n) is 1.88. The lowest BCUT2D eigenvalue weighted by molar-refractivity contribution is 0.337. The predicted octanol–water partition coefficient (Wildman–Crippen LogP) is 5.04. The summed E-state index contributed by atoms with van der Waals surface area (Å²) in [5.41, 5.74) is 2.74. The molecule has 0 aliphatic heterocycles. The van der Waals surface area contributed by atoms with E-state index in [-0.39, 0.29) is 12.5 Å². The fourth-order valence-corrected chi connectivity index (χ4v) is 2.05. The Morgan fingerprint density at radius 3 is 2.72 bits per heavy atom. The smallest absolute Gasteiger partial charge is 0.265 e. The molecule has 1 atom stereocenters. The second kappa shape index (κ2) is 6.83. The van der Waals surface area contributed by atoms with Crippen LogP contribution >= 0.6 is 34.8 Å². The van der Waals surface area contributed by atoms with Crippen LogP contribution in [0.4, 0.5) is 0 Å². The molecule has 0 radical (unpaired) electrons. The molecule has 0 saturated carbocycles. The first-order valence-electron chi connectivity index (χ1n) is 5.91. The molecule has 0 unspecified atom stereocenters. The van der Waals surface area contributed by atoms with E-state index in [9.17, 15) is 0 Å². The maximum Gasteiger partial charge on any atom is 0.265 e. The van der Waals surface area contributed by atoms with Crippen molar-refractivity contribution in [3.8, 4) is 0 Å². The van der Waals surface area contributed by atoms with Crippen molar-refractivity contribution in [2.45, 2.75) is 36.9 Å². The van der Waals surface area contributed by atoms with Crippen molar-refractivity contribution in [3.05, 3.63) is 23.3 Å². The van der Waals surface area contributed by atoms with Crippen LogP contribution in [0.3, 0.4) is 0 Å². The first-order chi connectivity index (χ1) is 8.30. The van der Waals surface area contributed by atoms with E-state index >= 15 is 0 Å². The minimum absolute atomic E-state index is 0.276. The summed E-state index contributed by atoms with van der Waals surface area (Å²) in [6, 6.07) is 0. The number of hydrogen-bond donors (Lipinski definition) is 1. The molecule has 1 aliphatic carbocycles. The molecule has 0 spiro atoms. The summed E-state index contributed by atoms with van der Waals surface area (Å²) in [5.74, 6) is 0.232. The van der Waals surface area contributed by atoms with Crippen LogP contribution in [-0.4, -0.2) is 16.3 Å². The normalized spacial score (nSPS) is 21.5. The van der Waals surface area contributed by atoms with Crippen LogP contribution in [-0.2, 0) is 4.74 Å². The standard InChI is InChI=1S/C13H18Cl3NO/c1-9-3-5-11(6-4-9)10(2)7-8-18-12(17)13(14,15)16/h3,7,11,17H,4-6,8H2,1-2H3/b10-7+,17-12?/t11-/m0/s1. The molecule has 102 valence electrons. The van der Waals surface area contributed by atoms with E-state index in [1.54, 1.807) is 0 Å². The highest BCUT2D eigenvalue weighted by atomic mass is 35.6. The van der Waals surface area contributed by atoms with Gasteiger partial charge in [-0.05, 0) is 45.1 Å². The monoisotopic (exact) mass is 309 g/mol. The largest absolute Gasteiger partial charge is 0.474 e. The zero-order chi connectivity index (χ0) is 13.8. The average Bonchev–Trinajstić information content (AvgIpc) is 2.28. The lowest BCUT2D eigenvalue weighted by Crippen LogP contribution is -2.21. The summed E-state index contributed by atoms with van der Waals surface area (Å²) in [6.07, 6.45) is 7.66. The van der Waals surface area contributed by atoms with Crippen LogP contribution in [0.1, 0.15) is 33.1 Å². The molecule has 1 aliphatic rings. The topological polar surface area (TPSA) is 33.1 Å². The predicted molar refractivity (Wildman–Crippen MR) is 78.8 cm³/mol. The van der Waals surface area contributed by atoms with Crippen LogP contribution in [0.25, 0.3) is 0 Å². The molecule has 0 aromatic heterocycles. The highest BCUT2D eigenvalue weighted by molar-refractivity contribution is 6.76. The minimum atomic E-state index is -1.77. The van der Waals surface area contributed by atoms with E-state index in [1.807, 2.05) is 6.08 Å². The van der Waals surface area contributed by atoms with Crippen molar-refractivity contribution in [1.82, 2.24) is 0 Å². The zero-order valence-electron chi connectivity index (χ0n) is 10.6. The van der Waals surface area contributed by atoms with E-state index in [4.69, 9.17) is 44.9 Å². The molecule has 0 saturated heterocycles. The Kier molecular flexibility index (Phi) is 6.03.